The number of carboxylic acid groups (broad SMARTS) is 1. The number of rotatable bonds is 2. The van der Waals surface area contributed by atoms with Crippen LogP contribution in [0.5, 0.6) is 0 Å². The van der Waals surface area contributed by atoms with Crippen LogP contribution in [0.25, 0.3) is 10.2 Å². The molecule has 0 saturated carbocycles. The topological polar surface area (TPSA) is 116 Å². The van der Waals surface area contributed by atoms with Gasteiger partial charge in [-0.2, -0.15) is 0 Å². The van der Waals surface area contributed by atoms with Crippen molar-refractivity contribution in [3.05, 3.63) is 26.9 Å². The van der Waals surface area contributed by atoms with E-state index in [1.165, 1.54) is 6.07 Å². The van der Waals surface area contributed by atoms with E-state index in [0.29, 0.717) is 28.2 Å². The van der Waals surface area contributed by atoms with E-state index >= 15 is 0 Å². The van der Waals surface area contributed by atoms with E-state index in [0.717, 1.165) is 30.6 Å². The van der Waals surface area contributed by atoms with E-state index in [2.05, 4.69) is 4.98 Å². The number of hydrogen-bond acceptors (Lipinski definition) is 5. The van der Waals surface area contributed by atoms with Gasteiger partial charge in [-0.05, 0) is 25.3 Å². The third-order valence-electron chi connectivity index (χ3n) is 3.81. The molecule has 9 heteroatoms. The predicted octanol–water partition coefficient (Wildman–Crippen LogP) is 1.92. The van der Waals surface area contributed by atoms with Crippen LogP contribution in [0.3, 0.4) is 0 Å². The Kier molecular flexibility index (Phi) is 4.96. The van der Waals surface area contributed by atoms with Crippen LogP contribution in [-0.2, 0) is 0 Å². The zero-order valence-electron chi connectivity index (χ0n) is 12.1. The number of piperidine rings is 1. The summed E-state index contributed by atoms with van der Waals surface area (Å²) in [6.45, 7) is 1.40. The highest BCUT2D eigenvalue weighted by atomic mass is 35.5. The molecule has 1 amide bonds. The van der Waals surface area contributed by atoms with Gasteiger partial charge in [0.05, 0.1) is 5.69 Å². The van der Waals surface area contributed by atoms with E-state index in [1.807, 2.05) is 0 Å². The molecule has 3 rings (SSSR count). The van der Waals surface area contributed by atoms with Gasteiger partial charge in [0.1, 0.15) is 15.3 Å². The number of nitrogens with zero attached hydrogens (tertiary/aromatic N) is 1. The number of H-pyrrole nitrogens is 1. The molecule has 0 aliphatic carbocycles. The van der Waals surface area contributed by atoms with Gasteiger partial charge in [0.25, 0.3) is 11.5 Å². The number of halogens is 1. The number of nitrogens with two attached hydrogens (primary N) is 1. The molecule has 0 radical (unpaired) electrons. The standard InChI is InChI=1S/C14H15N3O4S.ClH/c15-9-7-6-8(14(20)21)11(18)16-12(7)22-10(9)13(19)17-4-2-1-3-5-17;/h6H,1-5,15H2,(H,16,18)(H,20,21);1H. The van der Waals surface area contributed by atoms with Gasteiger partial charge >= 0.3 is 5.97 Å². The molecule has 1 aliphatic heterocycles. The van der Waals surface area contributed by atoms with Gasteiger partial charge in [-0.25, -0.2) is 4.79 Å². The van der Waals surface area contributed by atoms with Crippen molar-refractivity contribution in [1.29, 1.82) is 0 Å². The lowest BCUT2D eigenvalue weighted by Gasteiger charge is -2.26. The Balaban J connectivity index is 0.00000192. The Labute approximate surface area is 141 Å². The molecule has 4 N–H and O–H groups in total. The van der Waals surface area contributed by atoms with E-state index < -0.39 is 11.5 Å². The molecular weight excluding hydrogens is 342 g/mol. The van der Waals surface area contributed by atoms with Gasteiger partial charge in [0, 0.05) is 18.5 Å². The number of carboxylic acids is 1. The lowest BCUT2D eigenvalue weighted by atomic mass is 10.1. The molecule has 23 heavy (non-hydrogen) atoms. The fourth-order valence-electron chi connectivity index (χ4n) is 2.63. The summed E-state index contributed by atoms with van der Waals surface area (Å²) in [6.07, 6.45) is 3.05. The fourth-order valence-corrected chi connectivity index (χ4v) is 3.69. The number of thiophene rings is 1. The minimum atomic E-state index is -1.32. The van der Waals surface area contributed by atoms with E-state index in [1.54, 1.807) is 4.90 Å². The highest BCUT2D eigenvalue weighted by molar-refractivity contribution is 7.21. The minimum Gasteiger partial charge on any atom is -0.477 e. The number of amides is 1. The summed E-state index contributed by atoms with van der Waals surface area (Å²) in [5, 5.41) is 9.41. The average molecular weight is 358 g/mol. The maximum Gasteiger partial charge on any atom is 0.341 e. The van der Waals surface area contributed by atoms with Crippen molar-refractivity contribution >= 4 is 51.5 Å². The van der Waals surface area contributed by atoms with Crippen LogP contribution in [-0.4, -0.2) is 40.0 Å². The highest BCUT2D eigenvalue weighted by Crippen LogP contribution is 2.33. The first-order valence-electron chi connectivity index (χ1n) is 6.97. The van der Waals surface area contributed by atoms with Crippen molar-refractivity contribution in [3.63, 3.8) is 0 Å². The molecule has 0 unspecified atom stereocenters. The van der Waals surface area contributed by atoms with Crippen LogP contribution < -0.4 is 11.3 Å². The van der Waals surface area contributed by atoms with Crippen LogP contribution >= 0.6 is 23.7 Å². The maximum atomic E-state index is 12.5. The number of carbonyl (C=O) groups excluding carboxylic acids is 1. The molecule has 2 aromatic heterocycles. The average Bonchev–Trinajstić information content (AvgIpc) is 2.82. The van der Waals surface area contributed by atoms with Crippen molar-refractivity contribution in [3.8, 4) is 0 Å². The van der Waals surface area contributed by atoms with Crippen LogP contribution in [0.15, 0.2) is 10.9 Å². The fraction of sp³-hybridized carbons (Fsp3) is 0.357. The van der Waals surface area contributed by atoms with Crippen molar-refractivity contribution < 1.29 is 14.7 Å². The Morgan fingerprint density at radius 2 is 1.91 bits per heavy atom. The summed E-state index contributed by atoms with van der Waals surface area (Å²) >= 11 is 1.10. The predicted molar refractivity (Wildman–Crippen MR) is 90.8 cm³/mol. The Hall–Kier alpha value is -2.06. The van der Waals surface area contributed by atoms with E-state index in [4.69, 9.17) is 10.8 Å². The molecule has 3 heterocycles. The lowest BCUT2D eigenvalue weighted by Crippen LogP contribution is -2.35. The first kappa shape index (κ1) is 17.3. The van der Waals surface area contributed by atoms with Gasteiger partial charge in [0.15, 0.2) is 0 Å². The van der Waals surface area contributed by atoms with E-state index in [9.17, 15) is 14.4 Å². The second-order valence-corrected chi connectivity index (χ2v) is 6.28. The molecule has 0 bridgehead atoms. The van der Waals surface area contributed by atoms with Crippen molar-refractivity contribution in [1.82, 2.24) is 9.88 Å². The molecule has 0 spiro atoms. The van der Waals surface area contributed by atoms with Gasteiger partial charge in [0.2, 0.25) is 0 Å². The molecule has 0 atom stereocenters. The molecule has 2 aromatic rings. The summed E-state index contributed by atoms with van der Waals surface area (Å²) < 4.78 is 0. The normalized spacial score (nSPS) is 14.5. The Morgan fingerprint density at radius 3 is 2.52 bits per heavy atom. The van der Waals surface area contributed by atoms with Crippen LogP contribution in [0, 0.1) is 0 Å². The SMILES string of the molecule is Cl.Nc1c(C(=O)N2CCCCC2)sc2[nH]c(=O)c(C(=O)O)cc12. The van der Waals surface area contributed by atoms with Gasteiger partial charge in [-0.3, -0.25) is 9.59 Å². The summed E-state index contributed by atoms with van der Waals surface area (Å²) in [4.78, 5) is 40.3. The van der Waals surface area contributed by atoms with Crippen molar-refractivity contribution in [2.75, 3.05) is 18.8 Å². The number of aromatic amines is 1. The van der Waals surface area contributed by atoms with Crippen LogP contribution in [0.2, 0.25) is 0 Å². The highest BCUT2D eigenvalue weighted by Gasteiger charge is 2.24. The van der Waals surface area contributed by atoms with Gasteiger partial charge in [-0.15, -0.1) is 23.7 Å². The second-order valence-electron chi connectivity index (χ2n) is 5.26. The second kappa shape index (κ2) is 6.59. The quantitative estimate of drug-likeness (QED) is 0.759. The van der Waals surface area contributed by atoms with Crippen LogP contribution in [0.1, 0.15) is 39.3 Å². The number of nitrogen functional groups attached to an aromatic ring is 1. The minimum absolute atomic E-state index is 0. The maximum absolute atomic E-state index is 12.5. The van der Waals surface area contributed by atoms with E-state index in [-0.39, 0.29) is 29.6 Å². The first-order valence-corrected chi connectivity index (χ1v) is 7.78. The molecule has 0 aromatic carbocycles. The van der Waals surface area contributed by atoms with Crippen molar-refractivity contribution in [2.24, 2.45) is 0 Å². The van der Waals surface area contributed by atoms with Gasteiger partial charge < -0.3 is 20.7 Å². The third-order valence-corrected chi connectivity index (χ3v) is 4.94. The molecular formula is C14H16ClN3O4S. The third kappa shape index (κ3) is 3.04. The molecule has 124 valence electrons. The van der Waals surface area contributed by atoms with Crippen molar-refractivity contribution in [2.45, 2.75) is 19.3 Å². The lowest BCUT2D eigenvalue weighted by molar-refractivity contribution is 0.0693. The summed E-state index contributed by atoms with van der Waals surface area (Å²) in [5.74, 6) is -1.48. The van der Waals surface area contributed by atoms with Gasteiger partial charge in [-0.1, -0.05) is 0 Å². The number of hydrogen-bond donors (Lipinski definition) is 3. The monoisotopic (exact) mass is 357 g/mol. The number of nitrogens with one attached hydrogen (secondary N) is 1. The molecule has 1 saturated heterocycles. The number of carbonyl (C=O) groups is 2. The number of aromatic nitrogens is 1. The number of likely N-dealkylation sites (tertiary alicyclic amines) is 1. The molecule has 1 aliphatic rings. The number of aromatic carboxylic acids is 1. The Bertz CT molecular complexity index is 823. The van der Waals surface area contributed by atoms with Crippen LogP contribution in [0.4, 0.5) is 5.69 Å². The zero-order valence-corrected chi connectivity index (χ0v) is 13.8. The largest absolute Gasteiger partial charge is 0.477 e. The number of fused-ring (bicyclic) bond motifs is 1. The Morgan fingerprint density at radius 1 is 1.26 bits per heavy atom. The zero-order chi connectivity index (χ0) is 15.9. The molecule has 1 fully saturated rings. The number of pyridine rings is 1. The number of anilines is 1. The summed E-state index contributed by atoms with van der Waals surface area (Å²) in [7, 11) is 0. The summed E-state index contributed by atoms with van der Waals surface area (Å²) in [5.41, 5.74) is 5.17. The molecule has 7 nitrogen and oxygen atoms in total. The first-order chi connectivity index (χ1) is 10.5. The summed E-state index contributed by atoms with van der Waals surface area (Å²) in [6, 6.07) is 1.23. The smallest absolute Gasteiger partial charge is 0.341 e.